The Hall–Kier alpha value is -2.88. The second-order valence-corrected chi connectivity index (χ2v) is 6.11. The van der Waals surface area contributed by atoms with Crippen LogP contribution in [0.15, 0.2) is 60.8 Å². The third-order valence-electron chi connectivity index (χ3n) is 4.81. The van der Waals surface area contributed by atoms with Gasteiger partial charge in [-0.25, -0.2) is 0 Å². The molecule has 2 atom stereocenters. The lowest BCUT2D eigenvalue weighted by Crippen LogP contribution is -2.36. The molecule has 0 N–H and O–H groups in total. The van der Waals surface area contributed by atoms with Gasteiger partial charge in [0.05, 0.1) is 7.11 Å². The summed E-state index contributed by atoms with van der Waals surface area (Å²) in [4.78, 5) is 24.6. The van der Waals surface area contributed by atoms with Crippen LogP contribution in [-0.4, -0.2) is 23.6 Å². The Morgan fingerprint density at radius 2 is 1.88 bits per heavy atom. The molecule has 0 saturated heterocycles. The molecule has 1 aliphatic rings. The molecule has 0 unspecified atom stereocenters. The minimum absolute atomic E-state index is 0.00796. The third-order valence-corrected chi connectivity index (χ3v) is 4.81. The van der Waals surface area contributed by atoms with Gasteiger partial charge in [-0.3, -0.25) is 14.2 Å². The maximum atomic E-state index is 12.5. The monoisotopic (exact) mass is 319 g/mol. The van der Waals surface area contributed by atoms with Crippen molar-refractivity contribution < 1.29 is 14.3 Å². The van der Waals surface area contributed by atoms with E-state index in [0.29, 0.717) is 6.42 Å². The van der Waals surface area contributed by atoms with Crippen molar-refractivity contribution in [2.24, 2.45) is 5.92 Å². The first-order valence-corrected chi connectivity index (χ1v) is 7.97. The lowest BCUT2D eigenvalue weighted by molar-refractivity contribution is -0.144. The van der Waals surface area contributed by atoms with E-state index in [9.17, 15) is 9.59 Å². The predicted octanol–water partition coefficient (Wildman–Crippen LogP) is 3.61. The van der Waals surface area contributed by atoms with Gasteiger partial charge < -0.3 is 4.74 Å². The van der Waals surface area contributed by atoms with E-state index in [1.54, 1.807) is 10.8 Å². The van der Waals surface area contributed by atoms with Gasteiger partial charge in [-0.2, -0.15) is 0 Å². The molecule has 120 valence electrons. The van der Waals surface area contributed by atoms with Gasteiger partial charge in [0.25, 0.3) is 0 Å². The molecule has 24 heavy (non-hydrogen) atoms. The number of benzene rings is 2. The summed E-state index contributed by atoms with van der Waals surface area (Å²) in [5, 5.41) is 2.33. The van der Waals surface area contributed by atoms with Crippen LogP contribution >= 0.6 is 0 Å². The quantitative estimate of drug-likeness (QED) is 0.535. The van der Waals surface area contributed by atoms with E-state index in [4.69, 9.17) is 4.74 Å². The number of aromatic nitrogens is 1. The van der Waals surface area contributed by atoms with Crippen molar-refractivity contribution in [1.82, 2.24) is 4.57 Å². The van der Waals surface area contributed by atoms with Crippen molar-refractivity contribution in [3.63, 3.8) is 0 Å². The summed E-state index contributed by atoms with van der Waals surface area (Å²) < 4.78 is 6.42. The zero-order valence-electron chi connectivity index (χ0n) is 13.3. The fourth-order valence-electron chi connectivity index (χ4n) is 3.57. The number of carbonyl (C=O) groups excluding carboxylic acids is 2. The number of nitrogens with zero attached hydrogens (tertiary/aromatic N) is 1. The summed E-state index contributed by atoms with van der Waals surface area (Å²) in [6.45, 7) is 0. The summed E-state index contributed by atoms with van der Waals surface area (Å²) in [6.07, 6.45) is 2.16. The smallest absolute Gasteiger partial charge is 0.318 e. The number of hydrogen-bond donors (Lipinski definition) is 0. The first-order valence-electron chi connectivity index (χ1n) is 7.97. The number of hydrogen-bond acceptors (Lipinski definition) is 3. The van der Waals surface area contributed by atoms with Crippen molar-refractivity contribution in [1.29, 1.82) is 0 Å². The van der Waals surface area contributed by atoms with E-state index in [1.807, 2.05) is 24.3 Å². The van der Waals surface area contributed by atoms with Gasteiger partial charge in [-0.05, 0) is 34.9 Å². The minimum atomic E-state index is -0.758. The van der Waals surface area contributed by atoms with Crippen LogP contribution in [0.25, 0.3) is 10.8 Å². The molecule has 2 heterocycles. The number of fused-ring (bicyclic) bond motifs is 2. The van der Waals surface area contributed by atoms with Crippen LogP contribution in [-0.2, 0) is 9.53 Å². The number of rotatable bonds is 2. The topological polar surface area (TPSA) is 48.3 Å². The molecule has 0 radical (unpaired) electrons. The number of methoxy groups -OCH3 is 1. The Balaban J connectivity index is 1.82. The fraction of sp³-hybridized carbons (Fsp3) is 0.200. The molecule has 4 nitrogen and oxygen atoms in total. The number of carbonyl (C=O) groups is 2. The lowest BCUT2D eigenvalue weighted by atomic mass is 9.82. The first-order chi connectivity index (χ1) is 11.7. The van der Waals surface area contributed by atoms with Gasteiger partial charge in [0.15, 0.2) is 0 Å². The van der Waals surface area contributed by atoms with Crippen molar-refractivity contribution in [3.8, 4) is 0 Å². The molecular formula is C20H17NO3. The number of ether oxygens (including phenoxy) is 1. The molecule has 0 saturated carbocycles. The van der Waals surface area contributed by atoms with Crippen LogP contribution in [0.3, 0.4) is 0 Å². The first kappa shape index (κ1) is 14.7. The molecule has 4 rings (SSSR count). The van der Waals surface area contributed by atoms with Crippen LogP contribution in [0.1, 0.15) is 28.4 Å². The van der Waals surface area contributed by atoms with Gasteiger partial charge in [-0.1, -0.05) is 42.5 Å². The molecule has 0 spiro atoms. The molecule has 0 amide bonds. The molecule has 4 heteroatoms. The molecule has 0 bridgehead atoms. The highest BCUT2D eigenvalue weighted by Gasteiger charge is 2.38. The third kappa shape index (κ3) is 2.22. The van der Waals surface area contributed by atoms with Crippen LogP contribution in [0.2, 0.25) is 0 Å². The Morgan fingerprint density at radius 3 is 2.67 bits per heavy atom. The van der Waals surface area contributed by atoms with Gasteiger partial charge in [0, 0.05) is 17.8 Å². The maximum absolute atomic E-state index is 12.5. The molecule has 0 fully saturated rings. The van der Waals surface area contributed by atoms with E-state index in [1.165, 1.54) is 12.5 Å². The molecule has 1 aromatic heterocycles. The van der Waals surface area contributed by atoms with E-state index < -0.39 is 11.9 Å². The summed E-state index contributed by atoms with van der Waals surface area (Å²) in [6, 6.07) is 18.3. The Morgan fingerprint density at radius 1 is 1.08 bits per heavy atom. The summed E-state index contributed by atoms with van der Waals surface area (Å²) in [7, 11) is 1.33. The summed E-state index contributed by atoms with van der Waals surface area (Å²) >= 11 is 0. The Bertz CT molecular complexity index is 941. The van der Waals surface area contributed by atoms with Crippen molar-refractivity contribution in [2.75, 3.05) is 7.11 Å². The van der Waals surface area contributed by atoms with E-state index in [2.05, 4.69) is 30.3 Å². The largest absolute Gasteiger partial charge is 0.468 e. The van der Waals surface area contributed by atoms with Crippen molar-refractivity contribution in [2.45, 2.75) is 12.3 Å². The maximum Gasteiger partial charge on any atom is 0.318 e. The van der Waals surface area contributed by atoms with Crippen molar-refractivity contribution >= 4 is 22.6 Å². The van der Waals surface area contributed by atoms with E-state index >= 15 is 0 Å². The van der Waals surface area contributed by atoms with E-state index in [0.717, 1.165) is 16.6 Å². The van der Waals surface area contributed by atoms with Gasteiger partial charge in [0.2, 0.25) is 5.91 Å². The zero-order valence-corrected chi connectivity index (χ0v) is 13.3. The minimum Gasteiger partial charge on any atom is -0.468 e. The normalized spacial score (nSPS) is 20.0. The fourth-order valence-corrected chi connectivity index (χ4v) is 3.57. The SMILES string of the molecule is COC(=O)[C@@H]1C[C@@H](c2ccc3ccccc3c2)c2cccn2C1=O. The van der Waals surface area contributed by atoms with Gasteiger partial charge in [0.1, 0.15) is 5.92 Å². The molecular weight excluding hydrogens is 302 g/mol. The number of esters is 1. The van der Waals surface area contributed by atoms with Crippen LogP contribution < -0.4 is 0 Å². The van der Waals surface area contributed by atoms with Crippen molar-refractivity contribution in [3.05, 3.63) is 72.1 Å². The average Bonchev–Trinajstić information content (AvgIpc) is 3.11. The highest BCUT2D eigenvalue weighted by atomic mass is 16.5. The lowest BCUT2D eigenvalue weighted by Gasteiger charge is -2.29. The highest BCUT2D eigenvalue weighted by molar-refractivity contribution is 6.00. The van der Waals surface area contributed by atoms with Gasteiger partial charge in [-0.15, -0.1) is 0 Å². The van der Waals surface area contributed by atoms with Crippen LogP contribution in [0, 0.1) is 5.92 Å². The molecule has 1 aliphatic heterocycles. The molecule has 0 aliphatic carbocycles. The predicted molar refractivity (Wildman–Crippen MR) is 91.0 cm³/mol. The molecule has 3 aromatic rings. The van der Waals surface area contributed by atoms with Crippen LogP contribution in [0.4, 0.5) is 0 Å². The average molecular weight is 319 g/mol. The summed E-state index contributed by atoms with van der Waals surface area (Å²) in [5.74, 6) is -1.44. The van der Waals surface area contributed by atoms with Gasteiger partial charge >= 0.3 is 5.97 Å². The summed E-state index contributed by atoms with van der Waals surface area (Å²) in [5.41, 5.74) is 2.03. The standard InChI is InChI=1S/C20H17NO3/c1-24-20(23)17-12-16(18-7-4-10-21(18)19(17)22)15-9-8-13-5-2-3-6-14(13)11-15/h2-11,16-17H,12H2,1H3/t16-,17+/m0/s1. The van der Waals surface area contributed by atoms with Crippen LogP contribution in [0.5, 0.6) is 0 Å². The second-order valence-electron chi connectivity index (χ2n) is 6.11. The van der Waals surface area contributed by atoms with E-state index in [-0.39, 0.29) is 11.8 Å². The highest BCUT2D eigenvalue weighted by Crippen LogP contribution is 2.37. The Labute approximate surface area is 139 Å². The second kappa shape index (κ2) is 5.64. The Kier molecular flexibility index (Phi) is 3.45. The zero-order chi connectivity index (χ0) is 16.7. The molecule has 2 aromatic carbocycles.